The quantitative estimate of drug-likeness (QED) is 0.521. The first kappa shape index (κ1) is 33.9. The van der Waals surface area contributed by atoms with E-state index in [1.54, 1.807) is 0 Å². The van der Waals surface area contributed by atoms with E-state index in [1.165, 1.54) is 0 Å². The largest absolute Gasteiger partial charge is 3.00 e. The van der Waals surface area contributed by atoms with Crippen LogP contribution in [0, 0.1) is 0 Å². The molecular formula is AsIn2N. The average Bonchev–Trinajstić information content (AvgIpc) is 0. The number of hydrogen-bond donors (Lipinski definition) is 0. The molecule has 0 radical (unpaired) electrons. The first-order valence-corrected chi connectivity index (χ1v) is 0. The molecule has 0 fully saturated rings. The van der Waals surface area contributed by atoms with Crippen molar-refractivity contribution in [3.8, 4) is 0 Å². The monoisotopic (exact) mass is 319 g/mol. The van der Waals surface area contributed by atoms with Gasteiger partial charge in [0, 0.05) is 0 Å². The zero-order valence-corrected chi connectivity index (χ0v) is 10.5. The van der Waals surface area contributed by atoms with Gasteiger partial charge in [0.25, 0.3) is 0 Å². The smallest absolute Gasteiger partial charge is 3.00 e. The van der Waals surface area contributed by atoms with Gasteiger partial charge in [-0.05, 0) is 0 Å². The van der Waals surface area contributed by atoms with Crippen molar-refractivity contribution in [2.75, 3.05) is 0 Å². The van der Waals surface area contributed by atoms with E-state index in [0.717, 1.165) is 0 Å². The molecule has 1 nitrogen and oxygen atoms in total. The van der Waals surface area contributed by atoms with Gasteiger partial charge in [-0.2, -0.15) is 0 Å². The fourth-order valence-corrected chi connectivity index (χ4v) is 0. The summed E-state index contributed by atoms with van der Waals surface area (Å²) < 4.78 is 0. The van der Waals surface area contributed by atoms with E-state index in [4.69, 9.17) is 0 Å². The fraction of sp³-hybridized carbons (Fsp3) is 0. The normalized spacial score (nSPS) is 0. The first-order chi connectivity index (χ1) is 0. The first-order valence-electron chi connectivity index (χ1n) is 0. The Kier molecular flexibility index (Phi) is 159. The van der Waals surface area contributed by atoms with Crippen molar-refractivity contribution in [3.63, 3.8) is 0 Å². The third-order valence-electron chi connectivity index (χ3n) is 0. The van der Waals surface area contributed by atoms with Crippen molar-refractivity contribution in [1.82, 2.24) is 0 Å². The summed E-state index contributed by atoms with van der Waals surface area (Å²) in [5.74, 6) is 0. The number of nitrogens with zero attached hydrogens (tertiary/aromatic N) is 1. The van der Waals surface area contributed by atoms with Crippen molar-refractivity contribution < 1.29 is 0 Å². The Morgan fingerprint density at radius 2 is 0.750 bits per heavy atom. The third kappa shape index (κ3) is 8.86. The van der Waals surface area contributed by atoms with Crippen LogP contribution in [0.2, 0.25) is 0 Å². The molecule has 0 saturated carbocycles. The van der Waals surface area contributed by atoms with Gasteiger partial charge in [-0.1, -0.05) is 0 Å². The van der Waals surface area contributed by atoms with E-state index in [9.17, 15) is 0 Å². The van der Waals surface area contributed by atoms with Crippen molar-refractivity contribution >= 4 is 69.6 Å². The molecular weight excluding hydrogens is 319 g/mol. The molecule has 0 bridgehead atoms. The summed E-state index contributed by atoms with van der Waals surface area (Å²) in [6, 6.07) is 0. The van der Waals surface area contributed by atoms with Crippen LogP contribution in [-0.2, 0) is 0 Å². The van der Waals surface area contributed by atoms with Gasteiger partial charge < -0.3 is 24.1 Å². The summed E-state index contributed by atoms with van der Waals surface area (Å²) in [4.78, 5) is 0. The molecule has 0 N–H and O–H groups in total. The van der Waals surface area contributed by atoms with Crippen LogP contribution in [0.4, 0.5) is 0 Å². The summed E-state index contributed by atoms with van der Waals surface area (Å²) in [5, 5.41) is 0. The second-order valence-electron chi connectivity index (χ2n) is 0. The molecule has 0 aliphatic heterocycles. The van der Waals surface area contributed by atoms with E-state index in [-0.39, 0.29) is 75.8 Å². The summed E-state index contributed by atoms with van der Waals surface area (Å²) in [6.45, 7) is 0. The van der Waals surface area contributed by atoms with Crippen molar-refractivity contribution in [2.24, 2.45) is 0 Å². The van der Waals surface area contributed by atoms with E-state index < -0.39 is 0 Å². The van der Waals surface area contributed by atoms with Crippen LogP contribution >= 0.6 is 0 Å². The Hall–Kier alpha value is 2.26. The fourth-order valence-electron chi connectivity index (χ4n) is 0. The minimum Gasteiger partial charge on any atom is -3.00 e. The molecule has 0 aliphatic rings. The topological polar surface area (TPSA) is 30.5 Å². The molecule has 0 aromatic carbocycles. The van der Waals surface area contributed by atoms with Crippen LogP contribution < -0.4 is 0 Å². The summed E-state index contributed by atoms with van der Waals surface area (Å²) in [5.41, 5.74) is 0. The van der Waals surface area contributed by atoms with Gasteiger partial charge in [0.1, 0.15) is 0 Å². The van der Waals surface area contributed by atoms with Gasteiger partial charge in [-0.15, -0.1) is 0 Å². The van der Waals surface area contributed by atoms with Crippen molar-refractivity contribution in [1.29, 1.82) is 0 Å². The zero-order chi connectivity index (χ0) is 0. The van der Waals surface area contributed by atoms with Crippen LogP contribution in [-0.4, -0.2) is 69.6 Å². The Labute approximate surface area is 74.8 Å². The maximum Gasteiger partial charge on any atom is 3.00 e. The van der Waals surface area contributed by atoms with Gasteiger partial charge >= 0.3 is 51.7 Å². The van der Waals surface area contributed by atoms with E-state index >= 15 is 0 Å². The molecule has 0 heterocycles. The molecule has 0 rings (SSSR count). The summed E-state index contributed by atoms with van der Waals surface area (Å²) >= 11 is 0. The Morgan fingerprint density at radius 3 is 0.750 bits per heavy atom. The standard InChI is InChI=1S/As.2In.N/q-3;2*+3;-3. The predicted octanol–water partition coefficient (Wildman–Crippen LogP) is -0.854. The molecule has 0 aromatic rings. The van der Waals surface area contributed by atoms with Crippen LogP contribution in [0.3, 0.4) is 0 Å². The van der Waals surface area contributed by atoms with Crippen molar-refractivity contribution in [3.05, 3.63) is 6.15 Å². The second kappa shape index (κ2) is 18.7. The number of rotatable bonds is 0. The second-order valence-corrected chi connectivity index (χ2v) is 0. The Balaban J connectivity index is 0. The van der Waals surface area contributed by atoms with Gasteiger partial charge in [0.05, 0.1) is 0 Å². The maximum atomic E-state index is 0. The molecule has 0 unspecified atom stereocenters. The van der Waals surface area contributed by atoms with E-state index in [1.807, 2.05) is 0 Å². The Bertz CT molecular complexity index is 6.00. The van der Waals surface area contributed by atoms with Crippen LogP contribution in [0.1, 0.15) is 0 Å². The molecule has 4 heavy (non-hydrogen) atoms. The minimum absolute atomic E-state index is 0. The third-order valence-corrected chi connectivity index (χ3v) is 0. The van der Waals surface area contributed by atoms with Gasteiger partial charge in [0.15, 0.2) is 0 Å². The van der Waals surface area contributed by atoms with Crippen LogP contribution in [0.5, 0.6) is 0 Å². The van der Waals surface area contributed by atoms with Crippen LogP contribution in [0.15, 0.2) is 0 Å². The number of hydrogen-bond acceptors (Lipinski definition) is 0. The van der Waals surface area contributed by atoms with E-state index in [0.29, 0.717) is 0 Å². The molecule has 0 amide bonds. The van der Waals surface area contributed by atoms with Gasteiger partial charge in [-0.25, -0.2) is 0 Å². The Morgan fingerprint density at radius 1 is 0.750 bits per heavy atom. The molecule has 0 aliphatic carbocycles. The molecule has 0 saturated heterocycles. The van der Waals surface area contributed by atoms with Crippen molar-refractivity contribution in [2.45, 2.75) is 0 Å². The molecule has 0 atom stereocenters. The SMILES string of the molecule is [As-3].[In+3].[In+3].[N-3]. The maximum absolute atomic E-state index is 0. The minimum atomic E-state index is 0. The molecule has 0 aromatic heterocycles. The summed E-state index contributed by atoms with van der Waals surface area (Å²) in [6.07, 6.45) is 0. The van der Waals surface area contributed by atoms with Gasteiger partial charge in [-0.3, -0.25) is 0 Å². The summed E-state index contributed by atoms with van der Waals surface area (Å²) in [7, 11) is 0. The molecule has 4 heteroatoms. The molecule has 16 valence electrons. The van der Waals surface area contributed by atoms with Crippen LogP contribution in [0.25, 0.3) is 6.15 Å². The zero-order valence-electron chi connectivity index (χ0n) is 2.05. The average molecular weight is 319 g/mol. The van der Waals surface area contributed by atoms with E-state index in [2.05, 4.69) is 0 Å². The molecule has 0 spiro atoms. The van der Waals surface area contributed by atoms with Gasteiger partial charge in [0.2, 0.25) is 0 Å². The predicted molar refractivity (Wildman–Crippen MR) is 20.6 cm³/mol.